The highest BCUT2D eigenvalue weighted by molar-refractivity contribution is 7.80. The van der Waals surface area contributed by atoms with Crippen molar-refractivity contribution >= 4 is 40.3 Å². The van der Waals surface area contributed by atoms with E-state index in [1.54, 1.807) is 5.01 Å². The summed E-state index contributed by atoms with van der Waals surface area (Å²) in [4.78, 5) is 14.4. The number of ether oxygens (including phenoxy) is 1. The van der Waals surface area contributed by atoms with E-state index < -0.39 is 5.54 Å². The Kier molecular flexibility index (Phi) is 7.20. The Morgan fingerprint density at radius 2 is 1.47 bits per heavy atom. The second-order valence-corrected chi connectivity index (χ2v) is 11.1. The molecule has 0 fully saturated rings. The summed E-state index contributed by atoms with van der Waals surface area (Å²) in [6.45, 7) is 9.78. The van der Waals surface area contributed by atoms with Crippen LogP contribution in [0.3, 0.4) is 0 Å². The minimum atomic E-state index is -1.07. The van der Waals surface area contributed by atoms with Crippen LogP contribution >= 0.6 is 12.2 Å². The summed E-state index contributed by atoms with van der Waals surface area (Å²) in [5.74, 6) is 3.77. The van der Waals surface area contributed by atoms with Gasteiger partial charge in [-0.25, -0.2) is 5.01 Å². The van der Waals surface area contributed by atoms with Crippen molar-refractivity contribution in [2.45, 2.75) is 33.2 Å². The molecule has 7 nitrogen and oxygen atoms in total. The van der Waals surface area contributed by atoms with Crippen LogP contribution < -0.4 is 26.1 Å². The number of carbonyl (C=O) groups excluding carboxylic acids is 1. The number of nitrogens with zero attached hydrogens (tertiary/aromatic N) is 1. The molecule has 0 saturated heterocycles. The van der Waals surface area contributed by atoms with E-state index in [2.05, 4.69) is 67.1 Å². The molecule has 0 aliphatic carbocycles. The number of fused-ring (bicyclic) bond motifs is 6. The Hall–Kier alpha value is -5.00. The van der Waals surface area contributed by atoms with Gasteiger partial charge in [0.25, 0.3) is 5.91 Å². The van der Waals surface area contributed by atoms with Gasteiger partial charge in [-0.15, -0.1) is 6.42 Å². The Bertz CT molecular complexity index is 1750. The molecule has 2 aliphatic heterocycles. The van der Waals surface area contributed by atoms with E-state index in [-0.39, 0.29) is 11.0 Å². The Labute approximate surface area is 257 Å². The molecule has 0 unspecified atom stereocenters. The minimum Gasteiger partial charge on any atom is -0.456 e. The lowest BCUT2D eigenvalue weighted by Gasteiger charge is -2.44. The summed E-state index contributed by atoms with van der Waals surface area (Å²) in [6.07, 6.45) is 5.53. The normalized spacial score (nSPS) is 13.7. The molecule has 2 heterocycles. The largest absolute Gasteiger partial charge is 0.456 e. The van der Waals surface area contributed by atoms with Crippen LogP contribution in [0.4, 0.5) is 17.1 Å². The molecule has 0 saturated carbocycles. The molecule has 8 heteroatoms. The van der Waals surface area contributed by atoms with Crippen LogP contribution in [0.5, 0.6) is 11.5 Å². The van der Waals surface area contributed by atoms with Crippen LogP contribution in [0.15, 0.2) is 72.8 Å². The minimum absolute atomic E-state index is 0.192. The van der Waals surface area contributed by atoms with Crippen LogP contribution in [0.2, 0.25) is 0 Å². The summed E-state index contributed by atoms with van der Waals surface area (Å²) in [5.41, 5.74) is 10.9. The Morgan fingerprint density at radius 3 is 2.02 bits per heavy atom. The molecule has 216 valence electrons. The van der Waals surface area contributed by atoms with E-state index in [4.69, 9.17) is 23.4 Å². The van der Waals surface area contributed by atoms with Gasteiger partial charge in [0.15, 0.2) is 5.11 Å². The molecule has 4 aromatic rings. The summed E-state index contributed by atoms with van der Waals surface area (Å²) in [5, 5.41) is 12.0. The average molecular weight is 588 g/mol. The third kappa shape index (κ3) is 4.53. The molecular formula is C35H33N5O2S. The second-order valence-electron chi connectivity index (χ2n) is 10.7. The summed E-state index contributed by atoms with van der Waals surface area (Å²) in [6, 6.07) is 23.4. The number of aryl methyl sites for hydroxylation is 2. The molecule has 4 aromatic carbocycles. The van der Waals surface area contributed by atoms with E-state index in [0.29, 0.717) is 17.1 Å². The summed E-state index contributed by atoms with van der Waals surface area (Å²) < 4.78 is 6.66. The number of benzene rings is 4. The van der Waals surface area contributed by atoms with E-state index in [1.807, 2.05) is 60.7 Å². The third-order valence-electron chi connectivity index (χ3n) is 8.00. The first-order chi connectivity index (χ1) is 20.8. The number of nitrogens with one attached hydrogen (secondary N) is 4. The fourth-order valence-electron chi connectivity index (χ4n) is 6.09. The van der Waals surface area contributed by atoms with Gasteiger partial charge in [-0.2, -0.15) is 0 Å². The van der Waals surface area contributed by atoms with Gasteiger partial charge in [0.2, 0.25) is 0 Å². The molecule has 4 N–H and O–H groups in total. The fraction of sp³-hybridized carbons (Fsp3) is 0.200. The van der Waals surface area contributed by atoms with Gasteiger partial charge in [-0.3, -0.25) is 10.2 Å². The third-order valence-corrected chi connectivity index (χ3v) is 8.19. The number of amides is 1. The molecule has 1 spiro atoms. The highest BCUT2D eigenvalue weighted by Gasteiger charge is 2.57. The number of rotatable bonds is 6. The number of thiocarbonyl (C=S) groups is 1. The summed E-state index contributed by atoms with van der Waals surface area (Å²) in [7, 11) is 0. The van der Waals surface area contributed by atoms with Crippen molar-refractivity contribution in [3.63, 3.8) is 0 Å². The molecule has 0 bridgehead atoms. The lowest BCUT2D eigenvalue weighted by molar-refractivity contribution is 0.0595. The number of anilines is 3. The number of carbonyl (C=O) groups is 1. The van der Waals surface area contributed by atoms with Crippen LogP contribution in [0, 0.1) is 26.2 Å². The van der Waals surface area contributed by atoms with Crippen LogP contribution in [-0.4, -0.2) is 29.1 Å². The standard InChI is InChI=1S/C35H33N5O2S/c1-6-23-13-15-24(16-14-23)38-34(43)39-40-33(41)25-11-9-10-12-26(25)35(40)27-17-21(4)29(36-7-2)19-31(27)42-32-20-30(37-8-3)22(5)18-28(32)35/h1,9-20,36-37H,7-8H2,2-5H3,(H2,38,39,43). The van der Waals surface area contributed by atoms with Gasteiger partial charge in [0.1, 0.15) is 17.0 Å². The van der Waals surface area contributed by atoms with E-state index >= 15 is 0 Å². The molecule has 43 heavy (non-hydrogen) atoms. The predicted octanol–water partition coefficient (Wildman–Crippen LogP) is 6.90. The molecule has 0 aromatic heterocycles. The first kappa shape index (κ1) is 28.1. The first-order valence-electron chi connectivity index (χ1n) is 14.4. The molecule has 0 atom stereocenters. The predicted molar refractivity (Wildman–Crippen MR) is 177 cm³/mol. The van der Waals surface area contributed by atoms with Crippen LogP contribution in [-0.2, 0) is 5.54 Å². The van der Waals surface area contributed by atoms with Crippen molar-refractivity contribution in [3.8, 4) is 23.8 Å². The van der Waals surface area contributed by atoms with E-state index in [1.165, 1.54) is 0 Å². The SMILES string of the molecule is C#Cc1ccc(NC(=S)NN2C(=O)c3ccccc3C23c2cc(C)c(NCC)cc2Oc2cc(NCC)c(C)cc23)cc1. The monoisotopic (exact) mass is 587 g/mol. The number of hydrazine groups is 1. The first-order valence-corrected chi connectivity index (χ1v) is 14.8. The number of hydrogen-bond acceptors (Lipinski definition) is 5. The number of terminal acetylenes is 1. The molecule has 2 aliphatic rings. The van der Waals surface area contributed by atoms with Crippen molar-refractivity contribution in [1.29, 1.82) is 0 Å². The van der Waals surface area contributed by atoms with Crippen molar-refractivity contribution in [1.82, 2.24) is 10.4 Å². The van der Waals surface area contributed by atoms with Crippen LogP contribution in [0.25, 0.3) is 0 Å². The van der Waals surface area contributed by atoms with Crippen molar-refractivity contribution in [2.24, 2.45) is 0 Å². The maximum atomic E-state index is 14.4. The van der Waals surface area contributed by atoms with Gasteiger partial charge in [-0.05, 0) is 93.5 Å². The average Bonchev–Trinajstić information content (AvgIpc) is 3.24. The maximum absolute atomic E-state index is 14.4. The van der Waals surface area contributed by atoms with Crippen molar-refractivity contribution < 1.29 is 9.53 Å². The van der Waals surface area contributed by atoms with Gasteiger partial charge < -0.3 is 20.7 Å². The fourth-order valence-corrected chi connectivity index (χ4v) is 6.30. The highest BCUT2D eigenvalue weighted by Crippen LogP contribution is 2.58. The molecular weight excluding hydrogens is 554 g/mol. The molecule has 0 radical (unpaired) electrons. The Balaban J connectivity index is 1.57. The van der Waals surface area contributed by atoms with Gasteiger partial charge >= 0.3 is 0 Å². The zero-order valence-corrected chi connectivity index (χ0v) is 25.4. The van der Waals surface area contributed by atoms with Gasteiger partial charge in [0, 0.05) is 70.1 Å². The van der Waals surface area contributed by atoms with Gasteiger partial charge in [0.05, 0.1) is 0 Å². The molecule has 1 amide bonds. The van der Waals surface area contributed by atoms with Crippen LogP contribution in [0.1, 0.15) is 57.6 Å². The highest BCUT2D eigenvalue weighted by atomic mass is 32.1. The van der Waals surface area contributed by atoms with Crippen molar-refractivity contribution in [2.75, 3.05) is 29.0 Å². The Morgan fingerprint density at radius 1 is 0.884 bits per heavy atom. The van der Waals surface area contributed by atoms with E-state index in [9.17, 15) is 4.79 Å². The van der Waals surface area contributed by atoms with Gasteiger partial charge in [-0.1, -0.05) is 24.1 Å². The lowest BCUT2D eigenvalue weighted by atomic mass is 9.74. The zero-order chi connectivity index (χ0) is 30.3. The second kappa shape index (κ2) is 11.0. The maximum Gasteiger partial charge on any atom is 0.274 e. The lowest BCUT2D eigenvalue weighted by Crippen LogP contribution is -2.56. The number of hydrogen-bond donors (Lipinski definition) is 4. The quantitative estimate of drug-likeness (QED) is 0.144. The molecule has 6 rings (SSSR count). The van der Waals surface area contributed by atoms with Crippen molar-refractivity contribution in [3.05, 3.63) is 112 Å². The van der Waals surface area contributed by atoms with E-state index in [0.717, 1.165) is 63.5 Å². The topological polar surface area (TPSA) is 77.7 Å². The zero-order valence-electron chi connectivity index (χ0n) is 24.6. The smallest absolute Gasteiger partial charge is 0.274 e. The summed E-state index contributed by atoms with van der Waals surface area (Å²) >= 11 is 5.80.